The quantitative estimate of drug-likeness (QED) is 0.858. The fourth-order valence-corrected chi connectivity index (χ4v) is 2.14. The SMILES string of the molecule is CN(C[C@@H](Cc1ccc(Br)cc1)C(=O)O)C(=O)OC(C)(C)C. The van der Waals surface area contributed by atoms with E-state index in [1.165, 1.54) is 4.90 Å². The Morgan fingerprint density at radius 3 is 2.27 bits per heavy atom. The number of carbonyl (C=O) groups excluding carboxylic acids is 1. The van der Waals surface area contributed by atoms with Crippen molar-refractivity contribution >= 4 is 28.0 Å². The first kappa shape index (κ1) is 18.5. The van der Waals surface area contributed by atoms with Crippen molar-refractivity contribution in [3.05, 3.63) is 34.3 Å². The lowest BCUT2D eigenvalue weighted by Gasteiger charge is -2.26. The molecule has 0 bridgehead atoms. The first-order valence-corrected chi connectivity index (χ1v) is 7.79. The van der Waals surface area contributed by atoms with E-state index in [0.29, 0.717) is 6.42 Å². The van der Waals surface area contributed by atoms with E-state index in [4.69, 9.17) is 4.74 Å². The average molecular weight is 372 g/mol. The third-order valence-electron chi connectivity index (χ3n) is 2.94. The van der Waals surface area contributed by atoms with Gasteiger partial charge >= 0.3 is 12.1 Å². The molecule has 1 rings (SSSR count). The lowest BCUT2D eigenvalue weighted by atomic mass is 9.99. The predicted molar refractivity (Wildman–Crippen MR) is 87.8 cm³/mol. The molecule has 1 aromatic carbocycles. The summed E-state index contributed by atoms with van der Waals surface area (Å²) in [5.41, 5.74) is 0.309. The molecule has 0 radical (unpaired) electrons. The maximum Gasteiger partial charge on any atom is 0.410 e. The van der Waals surface area contributed by atoms with Gasteiger partial charge in [-0.1, -0.05) is 28.1 Å². The first-order valence-electron chi connectivity index (χ1n) is 7.00. The van der Waals surface area contributed by atoms with Gasteiger partial charge in [-0.2, -0.15) is 0 Å². The van der Waals surface area contributed by atoms with Crippen LogP contribution in [0.2, 0.25) is 0 Å². The lowest BCUT2D eigenvalue weighted by molar-refractivity contribution is -0.142. The van der Waals surface area contributed by atoms with E-state index in [-0.39, 0.29) is 6.54 Å². The fourth-order valence-electron chi connectivity index (χ4n) is 1.88. The summed E-state index contributed by atoms with van der Waals surface area (Å²) in [7, 11) is 1.55. The molecule has 0 spiro atoms. The number of aliphatic carboxylic acids is 1. The smallest absolute Gasteiger partial charge is 0.410 e. The van der Waals surface area contributed by atoms with Gasteiger partial charge in [0.2, 0.25) is 0 Å². The Labute approximate surface area is 139 Å². The third-order valence-corrected chi connectivity index (χ3v) is 3.47. The minimum atomic E-state index is -0.932. The van der Waals surface area contributed by atoms with Gasteiger partial charge in [-0.05, 0) is 44.9 Å². The molecule has 122 valence electrons. The Morgan fingerprint density at radius 2 is 1.82 bits per heavy atom. The van der Waals surface area contributed by atoms with Crippen LogP contribution >= 0.6 is 15.9 Å². The number of hydrogen-bond acceptors (Lipinski definition) is 3. The van der Waals surface area contributed by atoms with E-state index >= 15 is 0 Å². The molecule has 1 N–H and O–H groups in total. The summed E-state index contributed by atoms with van der Waals surface area (Å²) in [5, 5.41) is 9.36. The molecule has 0 unspecified atom stereocenters. The van der Waals surface area contributed by atoms with Crippen molar-refractivity contribution in [1.82, 2.24) is 4.90 Å². The summed E-state index contributed by atoms with van der Waals surface area (Å²) in [4.78, 5) is 24.7. The molecule has 0 heterocycles. The molecule has 0 aromatic heterocycles. The standard InChI is InChI=1S/C16H22BrNO4/c1-16(2,3)22-15(21)18(4)10-12(14(19)20)9-11-5-7-13(17)8-6-11/h5-8,12H,9-10H2,1-4H3,(H,19,20)/t12-/m1/s1. The van der Waals surface area contributed by atoms with Crippen LogP contribution in [0.5, 0.6) is 0 Å². The Hall–Kier alpha value is -1.56. The number of halogens is 1. The molecule has 1 amide bonds. The van der Waals surface area contributed by atoms with Gasteiger partial charge in [0.05, 0.1) is 5.92 Å². The molecule has 1 atom stereocenters. The van der Waals surface area contributed by atoms with Crippen molar-refractivity contribution in [2.75, 3.05) is 13.6 Å². The van der Waals surface area contributed by atoms with Gasteiger partial charge in [-0.15, -0.1) is 0 Å². The molecule has 5 nitrogen and oxygen atoms in total. The molecule has 0 saturated carbocycles. The molecule has 0 fully saturated rings. The zero-order valence-electron chi connectivity index (χ0n) is 13.3. The molecule has 0 aliphatic heterocycles. The van der Waals surface area contributed by atoms with Crippen LogP contribution in [-0.2, 0) is 16.0 Å². The van der Waals surface area contributed by atoms with Crippen LogP contribution in [0.15, 0.2) is 28.7 Å². The Bertz CT molecular complexity index is 522. The second kappa shape index (κ2) is 7.63. The second-order valence-corrected chi connectivity index (χ2v) is 7.14. The lowest BCUT2D eigenvalue weighted by Crippen LogP contribution is -2.39. The van der Waals surface area contributed by atoms with Gasteiger partial charge < -0.3 is 14.7 Å². The Kier molecular flexibility index (Phi) is 6.41. The Balaban J connectivity index is 2.70. The van der Waals surface area contributed by atoms with Crippen LogP contribution in [-0.4, -0.2) is 41.3 Å². The van der Waals surface area contributed by atoms with Crippen LogP contribution in [0.4, 0.5) is 4.79 Å². The molecule has 1 aromatic rings. The second-order valence-electron chi connectivity index (χ2n) is 6.23. The topological polar surface area (TPSA) is 66.8 Å². The summed E-state index contributed by atoms with van der Waals surface area (Å²) >= 11 is 3.34. The summed E-state index contributed by atoms with van der Waals surface area (Å²) in [6.45, 7) is 5.42. The number of carboxylic acids is 1. The number of benzene rings is 1. The highest BCUT2D eigenvalue weighted by atomic mass is 79.9. The van der Waals surface area contributed by atoms with Crippen LogP contribution in [0.25, 0.3) is 0 Å². The monoisotopic (exact) mass is 371 g/mol. The van der Waals surface area contributed by atoms with E-state index in [2.05, 4.69) is 15.9 Å². The van der Waals surface area contributed by atoms with Gasteiger partial charge in [0.1, 0.15) is 5.60 Å². The molecular weight excluding hydrogens is 350 g/mol. The van der Waals surface area contributed by atoms with Gasteiger partial charge in [0.15, 0.2) is 0 Å². The van der Waals surface area contributed by atoms with Crippen molar-refractivity contribution in [2.45, 2.75) is 32.8 Å². The molecule has 0 saturated heterocycles. The minimum absolute atomic E-state index is 0.0975. The molecule has 6 heteroatoms. The largest absolute Gasteiger partial charge is 0.481 e. The van der Waals surface area contributed by atoms with E-state index in [1.54, 1.807) is 27.8 Å². The molecular formula is C16H22BrNO4. The number of carboxylic acid groups (broad SMARTS) is 1. The van der Waals surface area contributed by atoms with Gasteiger partial charge in [0.25, 0.3) is 0 Å². The van der Waals surface area contributed by atoms with Gasteiger partial charge in [-0.25, -0.2) is 4.79 Å². The summed E-state index contributed by atoms with van der Waals surface area (Å²) in [5.74, 6) is -1.61. The zero-order valence-corrected chi connectivity index (χ0v) is 14.9. The highest BCUT2D eigenvalue weighted by Gasteiger charge is 2.25. The van der Waals surface area contributed by atoms with Crippen LogP contribution in [0.1, 0.15) is 26.3 Å². The number of ether oxygens (including phenoxy) is 1. The fraction of sp³-hybridized carbons (Fsp3) is 0.500. The van der Waals surface area contributed by atoms with Crippen LogP contribution in [0.3, 0.4) is 0 Å². The average Bonchev–Trinajstić information content (AvgIpc) is 2.38. The van der Waals surface area contributed by atoms with Crippen molar-refractivity contribution in [1.29, 1.82) is 0 Å². The van der Waals surface area contributed by atoms with Crippen molar-refractivity contribution in [3.8, 4) is 0 Å². The number of carbonyl (C=O) groups is 2. The van der Waals surface area contributed by atoms with Crippen molar-refractivity contribution in [3.63, 3.8) is 0 Å². The normalized spacial score (nSPS) is 12.6. The highest BCUT2D eigenvalue weighted by Crippen LogP contribution is 2.16. The van der Waals surface area contributed by atoms with Crippen molar-refractivity contribution < 1.29 is 19.4 Å². The summed E-state index contributed by atoms with van der Waals surface area (Å²) in [6, 6.07) is 7.47. The predicted octanol–water partition coefficient (Wildman–Crippen LogP) is 3.56. The Morgan fingerprint density at radius 1 is 1.27 bits per heavy atom. The number of hydrogen-bond donors (Lipinski definition) is 1. The third kappa shape index (κ3) is 6.47. The zero-order chi connectivity index (χ0) is 16.9. The molecule has 22 heavy (non-hydrogen) atoms. The van der Waals surface area contributed by atoms with Gasteiger partial charge in [-0.3, -0.25) is 4.79 Å². The number of amides is 1. The van der Waals surface area contributed by atoms with E-state index in [0.717, 1.165) is 10.0 Å². The minimum Gasteiger partial charge on any atom is -0.481 e. The van der Waals surface area contributed by atoms with Crippen LogP contribution < -0.4 is 0 Å². The maximum atomic E-state index is 11.9. The van der Waals surface area contributed by atoms with Gasteiger partial charge in [0, 0.05) is 18.1 Å². The first-order chi connectivity index (χ1) is 10.1. The van der Waals surface area contributed by atoms with E-state index in [9.17, 15) is 14.7 Å². The van der Waals surface area contributed by atoms with E-state index in [1.807, 2.05) is 24.3 Å². The number of nitrogens with zero attached hydrogens (tertiary/aromatic N) is 1. The van der Waals surface area contributed by atoms with Crippen molar-refractivity contribution in [2.24, 2.45) is 5.92 Å². The maximum absolute atomic E-state index is 11.9. The number of rotatable bonds is 5. The highest BCUT2D eigenvalue weighted by molar-refractivity contribution is 9.10. The van der Waals surface area contributed by atoms with E-state index < -0.39 is 23.6 Å². The summed E-state index contributed by atoms with van der Waals surface area (Å²) in [6.07, 6.45) is -0.162. The molecule has 0 aliphatic carbocycles. The van der Waals surface area contributed by atoms with Crippen LogP contribution in [0, 0.1) is 5.92 Å². The summed E-state index contributed by atoms with van der Waals surface area (Å²) < 4.78 is 6.17. The molecule has 0 aliphatic rings.